The van der Waals surface area contributed by atoms with Gasteiger partial charge in [0, 0.05) is 25.0 Å². The van der Waals surface area contributed by atoms with Crippen molar-refractivity contribution >= 4 is 16.9 Å². The number of nitrogens with zero attached hydrogens (tertiary/aromatic N) is 5. The lowest BCUT2D eigenvalue weighted by Crippen LogP contribution is -2.39. The molecule has 0 aliphatic rings. The molecule has 0 fully saturated rings. The minimum atomic E-state index is -0.365. The Bertz CT molecular complexity index is 1110. The van der Waals surface area contributed by atoms with E-state index in [1.807, 2.05) is 18.2 Å². The maximum atomic E-state index is 13.0. The van der Waals surface area contributed by atoms with Crippen molar-refractivity contribution in [3.8, 4) is 0 Å². The molecule has 7 heteroatoms. The van der Waals surface area contributed by atoms with Crippen LogP contribution >= 0.6 is 0 Å². The van der Waals surface area contributed by atoms with Gasteiger partial charge in [0.15, 0.2) is 11.2 Å². The lowest BCUT2D eigenvalue weighted by molar-refractivity contribution is 0.630. The van der Waals surface area contributed by atoms with E-state index in [0.717, 1.165) is 42.1 Å². The van der Waals surface area contributed by atoms with Crippen molar-refractivity contribution in [2.45, 2.75) is 53.6 Å². The van der Waals surface area contributed by atoms with Crippen LogP contribution in [-0.2, 0) is 20.1 Å². The van der Waals surface area contributed by atoms with Gasteiger partial charge >= 0.3 is 5.69 Å². The van der Waals surface area contributed by atoms with E-state index >= 15 is 0 Å². The molecule has 0 radical (unpaired) electrons. The third kappa shape index (κ3) is 2.45. The standard InChI is InChI=1S/C18H25N5O2/c1-7-8-9-21-12(4)13(5)23-14-15(19-17(21)23)20(6)18(25)22(16(14)24)10-11(2)3/h2,7-10H2,1,3-6H3. The molecule has 0 unspecified atom stereocenters. The molecule has 3 aromatic rings. The van der Waals surface area contributed by atoms with Gasteiger partial charge in [-0.2, -0.15) is 4.98 Å². The molecule has 0 atom stereocenters. The molecule has 0 bridgehead atoms. The van der Waals surface area contributed by atoms with Crippen LogP contribution in [0.3, 0.4) is 0 Å². The van der Waals surface area contributed by atoms with Gasteiger partial charge in [-0.15, -0.1) is 0 Å². The first-order valence-corrected chi connectivity index (χ1v) is 8.61. The molecule has 0 saturated carbocycles. The monoisotopic (exact) mass is 343 g/mol. The van der Waals surface area contributed by atoms with E-state index in [2.05, 4.69) is 23.1 Å². The Morgan fingerprint density at radius 2 is 1.84 bits per heavy atom. The topological polar surface area (TPSA) is 66.2 Å². The van der Waals surface area contributed by atoms with Crippen molar-refractivity contribution in [1.82, 2.24) is 23.1 Å². The maximum Gasteiger partial charge on any atom is 0.332 e. The summed E-state index contributed by atoms with van der Waals surface area (Å²) in [4.78, 5) is 30.3. The first kappa shape index (κ1) is 17.3. The van der Waals surface area contributed by atoms with Crippen molar-refractivity contribution in [2.24, 2.45) is 7.05 Å². The quantitative estimate of drug-likeness (QED) is 0.667. The summed E-state index contributed by atoms with van der Waals surface area (Å²) in [5.74, 6) is 0.721. The third-order valence-electron chi connectivity index (χ3n) is 4.79. The van der Waals surface area contributed by atoms with Crippen molar-refractivity contribution in [1.29, 1.82) is 0 Å². The summed E-state index contributed by atoms with van der Waals surface area (Å²) < 4.78 is 6.70. The van der Waals surface area contributed by atoms with Crippen molar-refractivity contribution in [3.05, 3.63) is 44.4 Å². The second-order valence-electron chi connectivity index (χ2n) is 6.79. The van der Waals surface area contributed by atoms with Crippen molar-refractivity contribution in [2.75, 3.05) is 0 Å². The summed E-state index contributed by atoms with van der Waals surface area (Å²) in [6.07, 6.45) is 2.11. The number of imidazole rings is 2. The van der Waals surface area contributed by atoms with E-state index < -0.39 is 0 Å². The first-order valence-electron chi connectivity index (χ1n) is 8.61. The Labute approximate surface area is 145 Å². The zero-order chi connectivity index (χ0) is 18.5. The average molecular weight is 343 g/mol. The molecule has 7 nitrogen and oxygen atoms in total. The Balaban J connectivity index is 2.46. The van der Waals surface area contributed by atoms with Crippen LogP contribution in [0.15, 0.2) is 21.7 Å². The molecule has 0 aliphatic heterocycles. The lowest BCUT2D eigenvalue weighted by Gasteiger charge is -2.08. The fourth-order valence-corrected chi connectivity index (χ4v) is 3.31. The van der Waals surface area contributed by atoms with E-state index in [0.29, 0.717) is 11.2 Å². The molecule has 0 spiro atoms. The first-order chi connectivity index (χ1) is 11.8. The van der Waals surface area contributed by atoms with Crippen LogP contribution < -0.4 is 11.2 Å². The van der Waals surface area contributed by atoms with E-state index in [1.165, 1.54) is 9.13 Å². The molecule has 25 heavy (non-hydrogen) atoms. The van der Waals surface area contributed by atoms with Gasteiger partial charge in [-0.25, -0.2) is 4.79 Å². The van der Waals surface area contributed by atoms with Gasteiger partial charge in [0.05, 0.1) is 6.54 Å². The highest BCUT2D eigenvalue weighted by molar-refractivity contribution is 5.76. The average Bonchev–Trinajstić information content (AvgIpc) is 3.05. The van der Waals surface area contributed by atoms with Crippen molar-refractivity contribution < 1.29 is 0 Å². The Morgan fingerprint density at radius 1 is 1.16 bits per heavy atom. The normalized spacial score (nSPS) is 11.7. The number of allylic oxidation sites excluding steroid dienone is 1. The Morgan fingerprint density at radius 3 is 2.44 bits per heavy atom. The maximum absolute atomic E-state index is 13.0. The van der Waals surface area contributed by atoms with Crippen LogP contribution in [0.4, 0.5) is 0 Å². The largest absolute Gasteiger partial charge is 0.332 e. The molecule has 0 aromatic carbocycles. The zero-order valence-electron chi connectivity index (χ0n) is 15.6. The Kier molecular flexibility index (Phi) is 4.18. The number of rotatable bonds is 5. The number of unbranched alkanes of at least 4 members (excludes halogenated alkanes) is 1. The van der Waals surface area contributed by atoms with Gasteiger partial charge in [-0.05, 0) is 27.2 Å². The number of hydrogen-bond donors (Lipinski definition) is 0. The van der Waals surface area contributed by atoms with Crippen LogP contribution in [0, 0.1) is 13.8 Å². The number of aromatic nitrogens is 5. The SMILES string of the molecule is C=C(C)Cn1c(=O)c2c(nc3n(CCCC)c(C)c(C)n23)n(C)c1=O. The van der Waals surface area contributed by atoms with Crippen LogP contribution in [-0.4, -0.2) is 23.1 Å². The van der Waals surface area contributed by atoms with Crippen molar-refractivity contribution in [3.63, 3.8) is 0 Å². The molecular formula is C18H25N5O2. The molecule has 3 aromatic heterocycles. The minimum Gasteiger partial charge on any atom is -0.314 e. The van der Waals surface area contributed by atoms with E-state index in [1.54, 1.807) is 14.0 Å². The highest BCUT2D eigenvalue weighted by Gasteiger charge is 2.22. The van der Waals surface area contributed by atoms with Gasteiger partial charge in [0.1, 0.15) is 0 Å². The van der Waals surface area contributed by atoms with Crippen LogP contribution in [0.25, 0.3) is 16.9 Å². The zero-order valence-corrected chi connectivity index (χ0v) is 15.6. The van der Waals surface area contributed by atoms with Gasteiger partial charge in [-0.1, -0.05) is 25.5 Å². The predicted octanol–water partition coefficient (Wildman–Crippen LogP) is 2.14. The number of hydrogen-bond acceptors (Lipinski definition) is 3. The molecule has 0 N–H and O–H groups in total. The summed E-state index contributed by atoms with van der Waals surface area (Å²) in [5.41, 5.74) is 3.03. The highest BCUT2D eigenvalue weighted by atomic mass is 16.2. The van der Waals surface area contributed by atoms with Gasteiger partial charge in [0.25, 0.3) is 5.56 Å². The minimum absolute atomic E-state index is 0.212. The van der Waals surface area contributed by atoms with Gasteiger partial charge in [0.2, 0.25) is 5.78 Å². The predicted molar refractivity (Wildman–Crippen MR) is 99.4 cm³/mol. The second-order valence-corrected chi connectivity index (χ2v) is 6.79. The molecule has 3 rings (SSSR count). The molecule has 3 heterocycles. The van der Waals surface area contributed by atoms with Crippen LogP contribution in [0.1, 0.15) is 38.1 Å². The molecule has 134 valence electrons. The van der Waals surface area contributed by atoms with E-state index in [4.69, 9.17) is 0 Å². The summed E-state index contributed by atoms with van der Waals surface area (Å²) in [6, 6.07) is 0. The molecule has 0 amide bonds. The molecule has 0 aliphatic carbocycles. The summed E-state index contributed by atoms with van der Waals surface area (Å²) in [6.45, 7) is 12.9. The van der Waals surface area contributed by atoms with Gasteiger partial charge < -0.3 is 4.57 Å². The van der Waals surface area contributed by atoms with Gasteiger partial charge in [-0.3, -0.25) is 18.3 Å². The molecule has 0 saturated heterocycles. The van der Waals surface area contributed by atoms with E-state index in [9.17, 15) is 9.59 Å². The Hall–Kier alpha value is -2.57. The van der Waals surface area contributed by atoms with Crippen LogP contribution in [0.5, 0.6) is 0 Å². The summed E-state index contributed by atoms with van der Waals surface area (Å²) in [5, 5.41) is 0. The van der Waals surface area contributed by atoms with E-state index in [-0.39, 0.29) is 17.8 Å². The number of fused-ring (bicyclic) bond motifs is 3. The smallest absolute Gasteiger partial charge is 0.314 e. The fraction of sp³-hybridized carbons (Fsp3) is 0.500. The highest BCUT2D eigenvalue weighted by Crippen LogP contribution is 2.21. The van der Waals surface area contributed by atoms with Crippen LogP contribution in [0.2, 0.25) is 0 Å². The lowest BCUT2D eigenvalue weighted by atomic mass is 10.3. The molecular weight excluding hydrogens is 318 g/mol. The number of aryl methyl sites for hydroxylation is 3. The third-order valence-corrected chi connectivity index (χ3v) is 4.79. The summed E-state index contributed by atoms with van der Waals surface area (Å²) in [7, 11) is 1.66. The fourth-order valence-electron chi connectivity index (χ4n) is 3.31. The summed E-state index contributed by atoms with van der Waals surface area (Å²) >= 11 is 0. The second kappa shape index (κ2) is 6.06.